The van der Waals surface area contributed by atoms with E-state index in [1.54, 1.807) is 24.3 Å². The lowest BCUT2D eigenvalue weighted by Crippen LogP contribution is -2.30. The standard InChI is InChI=1S/C12H17N5O/c1-9(16-17-13)10-3-5-11(6-4-10)12(18)15-8-7-14-2/h3-6,9,14H,7-8H2,1-2H3,(H,15,18). The first kappa shape index (κ1) is 14.0. The summed E-state index contributed by atoms with van der Waals surface area (Å²) in [6.07, 6.45) is 0. The highest BCUT2D eigenvalue weighted by Gasteiger charge is 2.06. The number of carbonyl (C=O) groups excluding carboxylic acids is 1. The van der Waals surface area contributed by atoms with E-state index in [0.717, 1.165) is 12.1 Å². The Kier molecular flexibility index (Phi) is 5.70. The maximum atomic E-state index is 11.7. The fourth-order valence-electron chi connectivity index (χ4n) is 1.46. The average molecular weight is 247 g/mol. The summed E-state index contributed by atoms with van der Waals surface area (Å²) in [6, 6.07) is 6.83. The zero-order valence-electron chi connectivity index (χ0n) is 10.6. The van der Waals surface area contributed by atoms with Gasteiger partial charge in [-0.3, -0.25) is 4.79 Å². The second kappa shape index (κ2) is 7.32. The van der Waals surface area contributed by atoms with Gasteiger partial charge in [0.2, 0.25) is 0 Å². The summed E-state index contributed by atoms with van der Waals surface area (Å²) in [6.45, 7) is 3.13. The van der Waals surface area contributed by atoms with E-state index in [0.29, 0.717) is 12.1 Å². The molecule has 2 N–H and O–H groups in total. The summed E-state index contributed by atoms with van der Waals surface area (Å²) in [7, 11) is 1.83. The van der Waals surface area contributed by atoms with Gasteiger partial charge < -0.3 is 10.6 Å². The molecule has 1 aromatic carbocycles. The predicted octanol–water partition coefficient (Wildman–Crippen LogP) is 2.01. The molecule has 0 aliphatic rings. The van der Waals surface area contributed by atoms with Crippen LogP contribution in [0.3, 0.4) is 0 Å². The molecule has 18 heavy (non-hydrogen) atoms. The minimum atomic E-state index is -0.226. The summed E-state index contributed by atoms with van der Waals surface area (Å²) < 4.78 is 0. The summed E-state index contributed by atoms with van der Waals surface area (Å²) in [5, 5.41) is 9.34. The molecule has 0 saturated carbocycles. The van der Waals surface area contributed by atoms with Crippen LogP contribution in [-0.2, 0) is 0 Å². The molecule has 0 saturated heterocycles. The Hall–Kier alpha value is -2.04. The minimum absolute atomic E-state index is 0.103. The van der Waals surface area contributed by atoms with Gasteiger partial charge in [-0.1, -0.05) is 24.2 Å². The van der Waals surface area contributed by atoms with Crippen LogP contribution in [0.15, 0.2) is 29.4 Å². The van der Waals surface area contributed by atoms with Crippen molar-refractivity contribution in [3.63, 3.8) is 0 Å². The van der Waals surface area contributed by atoms with E-state index in [1.165, 1.54) is 0 Å². The number of hydrogen-bond donors (Lipinski definition) is 2. The zero-order valence-corrected chi connectivity index (χ0v) is 10.6. The fourth-order valence-corrected chi connectivity index (χ4v) is 1.46. The molecule has 0 fully saturated rings. The predicted molar refractivity (Wildman–Crippen MR) is 70.3 cm³/mol. The van der Waals surface area contributed by atoms with E-state index in [9.17, 15) is 4.79 Å². The van der Waals surface area contributed by atoms with Gasteiger partial charge in [0, 0.05) is 23.6 Å². The van der Waals surface area contributed by atoms with Gasteiger partial charge in [0.15, 0.2) is 0 Å². The number of benzene rings is 1. The van der Waals surface area contributed by atoms with E-state index in [4.69, 9.17) is 5.53 Å². The van der Waals surface area contributed by atoms with Crippen LogP contribution in [0.4, 0.5) is 0 Å². The van der Waals surface area contributed by atoms with Crippen LogP contribution < -0.4 is 10.6 Å². The molecule has 6 heteroatoms. The van der Waals surface area contributed by atoms with Crippen LogP contribution in [0.25, 0.3) is 10.4 Å². The number of rotatable bonds is 6. The third-order valence-corrected chi connectivity index (χ3v) is 2.54. The molecule has 1 amide bonds. The molecule has 1 unspecified atom stereocenters. The first-order chi connectivity index (χ1) is 8.69. The Morgan fingerprint density at radius 2 is 2.06 bits per heavy atom. The molecule has 0 aliphatic carbocycles. The van der Waals surface area contributed by atoms with Crippen LogP contribution in [0, 0.1) is 0 Å². The Morgan fingerprint density at radius 1 is 1.39 bits per heavy atom. The lowest BCUT2D eigenvalue weighted by molar-refractivity contribution is 0.0954. The molecule has 6 nitrogen and oxygen atoms in total. The minimum Gasteiger partial charge on any atom is -0.351 e. The van der Waals surface area contributed by atoms with Crippen molar-refractivity contribution in [2.75, 3.05) is 20.1 Å². The topological polar surface area (TPSA) is 89.9 Å². The molecule has 0 bridgehead atoms. The number of amides is 1. The molecule has 96 valence electrons. The molecular weight excluding hydrogens is 230 g/mol. The first-order valence-electron chi connectivity index (χ1n) is 5.76. The number of hydrogen-bond acceptors (Lipinski definition) is 3. The van der Waals surface area contributed by atoms with E-state index >= 15 is 0 Å². The van der Waals surface area contributed by atoms with Crippen molar-refractivity contribution in [1.82, 2.24) is 10.6 Å². The number of likely N-dealkylation sites (N-methyl/N-ethyl adjacent to an activating group) is 1. The summed E-state index contributed by atoms with van der Waals surface area (Å²) >= 11 is 0. The van der Waals surface area contributed by atoms with Crippen LogP contribution in [0.2, 0.25) is 0 Å². The number of carbonyl (C=O) groups is 1. The van der Waals surface area contributed by atoms with Crippen molar-refractivity contribution < 1.29 is 4.79 Å². The van der Waals surface area contributed by atoms with Crippen LogP contribution in [-0.4, -0.2) is 26.0 Å². The SMILES string of the molecule is CNCCNC(=O)c1ccc(C(C)N=[N+]=[N-])cc1. The molecule has 0 aliphatic heterocycles. The smallest absolute Gasteiger partial charge is 0.251 e. The molecular formula is C12H17N5O. The van der Waals surface area contributed by atoms with Gasteiger partial charge in [0.25, 0.3) is 5.91 Å². The van der Waals surface area contributed by atoms with E-state index < -0.39 is 0 Å². The van der Waals surface area contributed by atoms with Crippen molar-refractivity contribution >= 4 is 5.91 Å². The van der Waals surface area contributed by atoms with Gasteiger partial charge in [0.1, 0.15) is 0 Å². The van der Waals surface area contributed by atoms with Crippen LogP contribution in [0.5, 0.6) is 0 Å². The van der Waals surface area contributed by atoms with Gasteiger partial charge in [-0.05, 0) is 30.3 Å². The second-order valence-electron chi connectivity index (χ2n) is 3.86. The quantitative estimate of drug-likeness (QED) is 0.348. The Labute approximate surface area is 106 Å². The van der Waals surface area contributed by atoms with Crippen LogP contribution in [0.1, 0.15) is 28.9 Å². The van der Waals surface area contributed by atoms with Crippen molar-refractivity contribution in [2.45, 2.75) is 13.0 Å². The van der Waals surface area contributed by atoms with E-state index in [-0.39, 0.29) is 11.9 Å². The van der Waals surface area contributed by atoms with Gasteiger partial charge in [-0.2, -0.15) is 0 Å². The largest absolute Gasteiger partial charge is 0.351 e. The fraction of sp³-hybridized carbons (Fsp3) is 0.417. The number of nitrogens with one attached hydrogen (secondary N) is 2. The monoisotopic (exact) mass is 247 g/mol. The summed E-state index contributed by atoms with van der Waals surface area (Å²) in [4.78, 5) is 14.5. The molecule has 1 rings (SSSR count). The number of nitrogens with zero attached hydrogens (tertiary/aromatic N) is 3. The average Bonchev–Trinajstić information content (AvgIpc) is 2.39. The normalized spacial score (nSPS) is 11.4. The Bertz CT molecular complexity index is 436. The Balaban J connectivity index is 2.64. The van der Waals surface area contributed by atoms with Crippen molar-refractivity contribution in [1.29, 1.82) is 0 Å². The van der Waals surface area contributed by atoms with E-state index in [1.807, 2.05) is 14.0 Å². The Morgan fingerprint density at radius 3 is 2.61 bits per heavy atom. The maximum Gasteiger partial charge on any atom is 0.251 e. The van der Waals surface area contributed by atoms with Crippen LogP contribution >= 0.6 is 0 Å². The van der Waals surface area contributed by atoms with Crippen molar-refractivity contribution in [3.05, 3.63) is 45.8 Å². The number of azide groups is 1. The highest BCUT2D eigenvalue weighted by Crippen LogP contribution is 2.17. The van der Waals surface area contributed by atoms with Gasteiger partial charge in [-0.25, -0.2) is 0 Å². The highest BCUT2D eigenvalue weighted by atomic mass is 16.1. The third-order valence-electron chi connectivity index (χ3n) is 2.54. The lowest BCUT2D eigenvalue weighted by Gasteiger charge is -2.07. The first-order valence-corrected chi connectivity index (χ1v) is 5.76. The van der Waals surface area contributed by atoms with Gasteiger partial charge >= 0.3 is 0 Å². The summed E-state index contributed by atoms with van der Waals surface area (Å²) in [5.74, 6) is -0.103. The molecule has 1 atom stereocenters. The molecule has 0 aromatic heterocycles. The second-order valence-corrected chi connectivity index (χ2v) is 3.86. The molecule has 1 aromatic rings. The molecule has 0 radical (unpaired) electrons. The third kappa shape index (κ3) is 4.08. The van der Waals surface area contributed by atoms with Gasteiger partial charge in [-0.15, -0.1) is 0 Å². The molecule has 0 spiro atoms. The molecule has 0 heterocycles. The lowest BCUT2D eigenvalue weighted by atomic mass is 10.1. The zero-order chi connectivity index (χ0) is 13.4. The van der Waals surface area contributed by atoms with Gasteiger partial charge in [0.05, 0.1) is 6.04 Å². The van der Waals surface area contributed by atoms with Crippen molar-refractivity contribution in [3.8, 4) is 0 Å². The van der Waals surface area contributed by atoms with E-state index in [2.05, 4.69) is 20.7 Å². The van der Waals surface area contributed by atoms with Crippen molar-refractivity contribution in [2.24, 2.45) is 5.11 Å². The maximum absolute atomic E-state index is 11.7. The highest BCUT2D eigenvalue weighted by molar-refractivity contribution is 5.94. The summed E-state index contributed by atoms with van der Waals surface area (Å²) in [5.41, 5.74) is 9.84.